The lowest BCUT2D eigenvalue weighted by Gasteiger charge is -2.32. The molecule has 1 fully saturated rings. The number of ether oxygens (including phenoxy) is 1. The van der Waals surface area contributed by atoms with Crippen LogP contribution < -0.4 is 5.32 Å². The number of esters is 1. The van der Waals surface area contributed by atoms with E-state index in [1.165, 1.54) is 18.4 Å². The molecule has 156 valence electrons. The molecular weight excluding hydrogens is 400 g/mol. The number of hydrogen-bond acceptors (Lipinski definition) is 5. The van der Waals surface area contributed by atoms with Crippen LogP contribution in [0.4, 0.5) is 5.69 Å². The van der Waals surface area contributed by atoms with Crippen molar-refractivity contribution in [2.75, 3.05) is 11.9 Å². The Hall–Kier alpha value is -2.86. The van der Waals surface area contributed by atoms with Gasteiger partial charge in [-0.05, 0) is 56.0 Å². The number of aromatic nitrogens is 3. The average Bonchev–Trinajstić information content (AvgIpc) is 3.39. The molecule has 2 aromatic heterocycles. The van der Waals surface area contributed by atoms with Gasteiger partial charge in [-0.15, -0.1) is 0 Å². The highest BCUT2D eigenvalue weighted by Crippen LogP contribution is 2.36. The van der Waals surface area contributed by atoms with Crippen LogP contribution in [-0.4, -0.2) is 32.7 Å². The number of nitrogens with zero attached hydrogens (tertiary/aromatic N) is 3. The molecule has 3 aromatic rings. The molecule has 0 atom stereocenters. The van der Waals surface area contributed by atoms with Gasteiger partial charge < -0.3 is 10.1 Å². The quantitative estimate of drug-likeness (QED) is 0.536. The van der Waals surface area contributed by atoms with E-state index in [1.54, 1.807) is 17.1 Å². The summed E-state index contributed by atoms with van der Waals surface area (Å²) < 4.78 is 6.87. The maximum atomic E-state index is 11.9. The van der Waals surface area contributed by atoms with Gasteiger partial charge in [0.25, 0.3) is 0 Å². The first kappa shape index (κ1) is 20.4. The minimum atomic E-state index is -0.275. The fourth-order valence-electron chi connectivity index (χ4n) is 4.10. The van der Waals surface area contributed by atoms with Crippen molar-refractivity contribution in [2.45, 2.75) is 44.6 Å². The molecule has 1 aliphatic rings. The Kier molecular flexibility index (Phi) is 6.04. The molecule has 1 N–H and O–H groups in total. The number of imidazole rings is 1. The van der Waals surface area contributed by atoms with Gasteiger partial charge in [0, 0.05) is 11.7 Å². The van der Waals surface area contributed by atoms with E-state index in [-0.39, 0.29) is 11.5 Å². The van der Waals surface area contributed by atoms with Gasteiger partial charge in [0.1, 0.15) is 17.3 Å². The van der Waals surface area contributed by atoms with Crippen molar-refractivity contribution in [2.24, 2.45) is 0 Å². The predicted molar refractivity (Wildman–Crippen MR) is 117 cm³/mol. The van der Waals surface area contributed by atoms with Crippen LogP contribution in [0, 0.1) is 0 Å². The van der Waals surface area contributed by atoms with Crippen LogP contribution in [0.2, 0.25) is 5.15 Å². The molecule has 1 saturated carbocycles. The minimum Gasteiger partial charge on any atom is -0.462 e. The summed E-state index contributed by atoms with van der Waals surface area (Å²) in [6.07, 6.45) is 10.7. The molecule has 2 heterocycles. The fraction of sp³-hybridized carbons (Fsp3) is 0.348. The summed E-state index contributed by atoms with van der Waals surface area (Å²) in [5.41, 5.74) is 2.78. The van der Waals surface area contributed by atoms with E-state index in [0.29, 0.717) is 17.3 Å². The van der Waals surface area contributed by atoms with E-state index in [4.69, 9.17) is 16.3 Å². The minimum absolute atomic E-state index is 0.00699. The highest BCUT2D eigenvalue weighted by molar-refractivity contribution is 6.29. The second-order valence-electron chi connectivity index (χ2n) is 7.72. The maximum absolute atomic E-state index is 11.9. The first-order valence-corrected chi connectivity index (χ1v) is 10.6. The molecule has 0 amide bonds. The van der Waals surface area contributed by atoms with Crippen molar-refractivity contribution in [3.8, 4) is 5.82 Å². The van der Waals surface area contributed by atoms with Crippen LogP contribution in [0.15, 0.2) is 55.1 Å². The van der Waals surface area contributed by atoms with Crippen LogP contribution in [0.1, 0.15) is 48.5 Å². The van der Waals surface area contributed by atoms with Crippen LogP contribution >= 0.6 is 11.6 Å². The number of anilines is 1. The van der Waals surface area contributed by atoms with Crippen molar-refractivity contribution >= 4 is 23.3 Å². The van der Waals surface area contributed by atoms with E-state index in [2.05, 4.69) is 15.3 Å². The molecule has 30 heavy (non-hydrogen) atoms. The molecule has 1 aromatic carbocycles. The first-order valence-electron chi connectivity index (χ1n) is 10.3. The number of hydrogen-bond donors (Lipinski definition) is 1. The zero-order valence-corrected chi connectivity index (χ0v) is 17.7. The van der Waals surface area contributed by atoms with Gasteiger partial charge in [0.05, 0.1) is 24.1 Å². The smallest absolute Gasteiger partial charge is 0.338 e. The lowest BCUT2D eigenvalue weighted by atomic mass is 9.88. The van der Waals surface area contributed by atoms with Crippen LogP contribution in [0.25, 0.3) is 5.82 Å². The van der Waals surface area contributed by atoms with E-state index >= 15 is 0 Å². The highest BCUT2D eigenvalue weighted by Gasteiger charge is 2.34. The van der Waals surface area contributed by atoms with Gasteiger partial charge in [-0.3, -0.25) is 4.57 Å². The second kappa shape index (κ2) is 8.88. The van der Waals surface area contributed by atoms with Crippen molar-refractivity contribution in [3.05, 3.63) is 71.4 Å². The van der Waals surface area contributed by atoms with Gasteiger partial charge in [-0.25, -0.2) is 14.8 Å². The molecule has 0 saturated heterocycles. The molecule has 4 rings (SSSR count). The molecule has 0 radical (unpaired) electrons. The molecule has 0 unspecified atom stereocenters. The van der Waals surface area contributed by atoms with Gasteiger partial charge in [0.2, 0.25) is 0 Å². The average molecular weight is 425 g/mol. The number of nitrogens with one attached hydrogen (secondary N) is 1. The lowest BCUT2D eigenvalue weighted by molar-refractivity contribution is 0.0526. The van der Waals surface area contributed by atoms with Gasteiger partial charge in [0.15, 0.2) is 0 Å². The van der Waals surface area contributed by atoms with E-state index in [9.17, 15) is 4.79 Å². The number of pyridine rings is 1. The zero-order valence-electron chi connectivity index (χ0n) is 17.0. The molecule has 0 bridgehead atoms. The normalized spacial score (nSPS) is 15.1. The van der Waals surface area contributed by atoms with Gasteiger partial charge >= 0.3 is 5.97 Å². The van der Waals surface area contributed by atoms with Crippen molar-refractivity contribution in [1.82, 2.24) is 14.5 Å². The predicted octanol–water partition coefficient (Wildman–Crippen LogP) is 5.06. The van der Waals surface area contributed by atoms with Crippen molar-refractivity contribution in [1.29, 1.82) is 0 Å². The van der Waals surface area contributed by atoms with Crippen molar-refractivity contribution in [3.63, 3.8) is 0 Å². The molecule has 6 nitrogen and oxygen atoms in total. The number of carbonyl (C=O) groups is 1. The maximum Gasteiger partial charge on any atom is 0.338 e. The zero-order chi connectivity index (χ0) is 21.0. The van der Waals surface area contributed by atoms with E-state index in [1.807, 2.05) is 49.5 Å². The third kappa shape index (κ3) is 4.65. The number of rotatable bonds is 7. The fourth-order valence-corrected chi connectivity index (χ4v) is 4.25. The molecule has 0 aliphatic heterocycles. The Bertz CT molecular complexity index is 993. The largest absolute Gasteiger partial charge is 0.462 e. The highest BCUT2D eigenvalue weighted by atomic mass is 35.5. The Morgan fingerprint density at radius 1 is 1.17 bits per heavy atom. The SMILES string of the molecule is CCOC(=O)c1ccc(CC2(Nc3ccc(-n4cnc(Cl)c4)nc3)CCCC2)cc1. The van der Waals surface area contributed by atoms with E-state index in [0.717, 1.165) is 30.8 Å². The monoisotopic (exact) mass is 424 g/mol. The first-order chi connectivity index (χ1) is 14.6. The number of benzene rings is 1. The Balaban J connectivity index is 1.47. The number of carbonyl (C=O) groups excluding carboxylic acids is 1. The van der Waals surface area contributed by atoms with Crippen LogP contribution in [0.3, 0.4) is 0 Å². The third-order valence-corrected chi connectivity index (χ3v) is 5.74. The molecule has 7 heteroatoms. The van der Waals surface area contributed by atoms with Crippen LogP contribution in [-0.2, 0) is 11.2 Å². The summed E-state index contributed by atoms with van der Waals surface area (Å²) in [7, 11) is 0. The third-order valence-electron chi connectivity index (χ3n) is 5.54. The van der Waals surface area contributed by atoms with E-state index < -0.39 is 0 Å². The molecular formula is C23H25ClN4O2. The Morgan fingerprint density at radius 3 is 2.53 bits per heavy atom. The number of halogens is 1. The summed E-state index contributed by atoms with van der Waals surface area (Å²) >= 11 is 5.90. The topological polar surface area (TPSA) is 69.0 Å². The van der Waals surface area contributed by atoms with Gasteiger partial charge in [-0.2, -0.15) is 0 Å². The summed E-state index contributed by atoms with van der Waals surface area (Å²) in [6, 6.07) is 11.7. The van der Waals surface area contributed by atoms with Crippen LogP contribution in [0.5, 0.6) is 0 Å². The Labute approximate surface area is 181 Å². The Morgan fingerprint density at radius 2 is 1.93 bits per heavy atom. The standard InChI is InChI=1S/C23H25ClN4O2/c1-2-30-22(29)18-7-5-17(6-8-18)13-23(11-3-4-12-23)27-19-9-10-21(25-14-19)28-15-20(24)26-16-28/h5-10,14-16,27H,2-4,11-13H2,1H3. The summed E-state index contributed by atoms with van der Waals surface area (Å²) in [4.78, 5) is 20.5. The van der Waals surface area contributed by atoms with Gasteiger partial charge in [-0.1, -0.05) is 36.6 Å². The summed E-state index contributed by atoms with van der Waals surface area (Å²) in [6.45, 7) is 2.20. The lowest BCUT2D eigenvalue weighted by Crippen LogP contribution is -2.37. The summed E-state index contributed by atoms with van der Waals surface area (Å²) in [5, 5.41) is 4.18. The second-order valence-corrected chi connectivity index (χ2v) is 8.10. The van der Waals surface area contributed by atoms with Crippen molar-refractivity contribution < 1.29 is 9.53 Å². The molecule has 0 spiro atoms. The molecule has 1 aliphatic carbocycles. The summed E-state index contributed by atoms with van der Waals surface area (Å²) in [5.74, 6) is 0.498.